The zero-order chi connectivity index (χ0) is 17.2. The molecule has 1 aromatic heterocycles. The zero-order valence-electron chi connectivity index (χ0n) is 13.2. The van der Waals surface area contributed by atoms with Crippen LogP contribution in [0.25, 0.3) is 21.8 Å². The van der Waals surface area contributed by atoms with Crippen molar-refractivity contribution in [2.75, 3.05) is 0 Å². The maximum Gasteiger partial charge on any atom is 0.339 e. The molecule has 4 rings (SSSR count). The molecule has 3 aromatic rings. The van der Waals surface area contributed by atoms with Crippen LogP contribution < -0.4 is 0 Å². The van der Waals surface area contributed by atoms with E-state index in [1.54, 1.807) is 0 Å². The summed E-state index contributed by atoms with van der Waals surface area (Å²) in [4.78, 5) is 15.5. The quantitative estimate of drug-likeness (QED) is 0.514. The van der Waals surface area contributed by atoms with E-state index in [-0.39, 0.29) is 11.3 Å². The molecule has 0 bridgehead atoms. The lowest BCUT2D eigenvalue weighted by atomic mass is 9.85. The number of carbonyl (C=O) groups is 1. The Bertz CT molecular complexity index is 982. The molecule has 0 radical (unpaired) electrons. The number of nitrogens with one attached hydrogen (secondary N) is 1. The van der Waals surface area contributed by atoms with Gasteiger partial charge in [0.05, 0.1) is 16.7 Å². The minimum atomic E-state index is -1.41. The largest absolute Gasteiger partial charge is 0.506 e. The first kappa shape index (κ1) is 15.0. The highest BCUT2D eigenvalue weighted by atomic mass is 16.6. The molecule has 1 aliphatic rings. The van der Waals surface area contributed by atoms with Crippen molar-refractivity contribution in [2.45, 2.75) is 31.7 Å². The average molecular weight is 327 g/mol. The van der Waals surface area contributed by atoms with Crippen LogP contribution in [0.1, 0.15) is 35.9 Å². The number of H-pyrrole nitrogens is 1. The van der Waals surface area contributed by atoms with Gasteiger partial charge >= 0.3 is 5.97 Å². The molecule has 0 saturated carbocycles. The Hall–Kier alpha value is -2.57. The number of hydrogen-bond acceptors (Lipinski definition) is 5. The summed E-state index contributed by atoms with van der Waals surface area (Å²) in [5.41, 5.74) is 0.282. The van der Waals surface area contributed by atoms with E-state index in [0.29, 0.717) is 16.5 Å². The lowest BCUT2D eigenvalue weighted by Crippen LogP contribution is -2.46. The summed E-state index contributed by atoms with van der Waals surface area (Å²) < 4.78 is 5.22. The highest BCUT2D eigenvalue weighted by Crippen LogP contribution is 2.44. The summed E-state index contributed by atoms with van der Waals surface area (Å²) in [6.45, 7) is 2.96. The molecule has 6 nitrogen and oxygen atoms in total. The van der Waals surface area contributed by atoms with Gasteiger partial charge in [-0.25, -0.2) is 4.79 Å². The van der Waals surface area contributed by atoms with Crippen LogP contribution in [0.3, 0.4) is 0 Å². The van der Waals surface area contributed by atoms with Crippen molar-refractivity contribution in [3.05, 3.63) is 41.5 Å². The molecule has 6 heteroatoms. The summed E-state index contributed by atoms with van der Waals surface area (Å²) in [6, 6.07) is 8.68. The molecule has 0 fully saturated rings. The molecule has 2 heterocycles. The number of carbonyl (C=O) groups excluding carboxylic acids is 1. The van der Waals surface area contributed by atoms with Gasteiger partial charge in [0.15, 0.2) is 6.10 Å². The van der Waals surface area contributed by atoms with Crippen molar-refractivity contribution in [2.24, 2.45) is 0 Å². The molecule has 0 amide bonds. The van der Waals surface area contributed by atoms with Gasteiger partial charge < -0.3 is 25.0 Å². The van der Waals surface area contributed by atoms with Gasteiger partial charge in [-0.2, -0.15) is 0 Å². The molecule has 0 spiro atoms. The maximum atomic E-state index is 12.4. The number of aliphatic hydroxyl groups excluding tert-OH is 1. The van der Waals surface area contributed by atoms with Crippen molar-refractivity contribution >= 4 is 27.8 Å². The number of ether oxygens (including phenoxy) is 1. The fourth-order valence-corrected chi connectivity index (χ4v) is 3.44. The highest BCUT2D eigenvalue weighted by molar-refractivity contribution is 6.14. The predicted molar refractivity (Wildman–Crippen MR) is 87.9 cm³/mol. The van der Waals surface area contributed by atoms with Crippen LogP contribution in [0.5, 0.6) is 5.75 Å². The Morgan fingerprint density at radius 2 is 1.96 bits per heavy atom. The molecular formula is C18H17NO5. The molecule has 1 aliphatic heterocycles. The molecule has 0 unspecified atom stereocenters. The standard InChI is InChI=1S/C18H17NO5/c1-18(2,23)16-15(21)13-9(17(22)24-16)7-11(20)14-12(13)8-5-3-4-6-10(8)19-14/h3-7,15-16,19-21,23H,1-2H3/t15-,16-/m1/s1. The number of aliphatic hydroxyl groups is 2. The Morgan fingerprint density at radius 1 is 1.25 bits per heavy atom. The van der Waals surface area contributed by atoms with E-state index < -0.39 is 23.8 Å². The van der Waals surface area contributed by atoms with Gasteiger partial charge in [0.2, 0.25) is 0 Å². The molecule has 0 saturated heterocycles. The number of rotatable bonds is 1. The number of phenolic OH excluding ortho intramolecular Hbond substituents is 1. The third kappa shape index (κ3) is 1.93. The van der Waals surface area contributed by atoms with E-state index in [4.69, 9.17) is 4.74 Å². The third-order valence-corrected chi connectivity index (χ3v) is 4.54. The summed E-state index contributed by atoms with van der Waals surface area (Å²) in [5, 5.41) is 32.7. The first-order chi connectivity index (χ1) is 11.3. The Kier molecular flexibility index (Phi) is 2.95. The fourth-order valence-electron chi connectivity index (χ4n) is 3.44. The van der Waals surface area contributed by atoms with Crippen LogP contribution in [0, 0.1) is 0 Å². The summed E-state index contributed by atoms with van der Waals surface area (Å²) in [7, 11) is 0. The summed E-state index contributed by atoms with van der Waals surface area (Å²) >= 11 is 0. The van der Waals surface area contributed by atoms with Crippen LogP contribution in [0.2, 0.25) is 0 Å². The van der Waals surface area contributed by atoms with E-state index in [1.165, 1.54) is 19.9 Å². The van der Waals surface area contributed by atoms with Crippen molar-refractivity contribution < 1.29 is 24.9 Å². The molecule has 2 atom stereocenters. The number of cyclic esters (lactones) is 1. The van der Waals surface area contributed by atoms with Crippen LogP contribution in [0.15, 0.2) is 30.3 Å². The summed E-state index contributed by atoms with van der Waals surface area (Å²) in [6.07, 6.45) is -2.31. The second-order valence-electron chi connectivity index (χ2n) is 6.70. The van der Waals surface area contributed by atoms with Gasteiger partial charge in [0.1, 0.15) is 11.9 Å². The fraction of sp³-hybridized carbons (Fsp3) is 0.278. The molecular weight excluding hydrogens is 310 g/mol. The van der Waals surface area contributed by atoms with Gasteiger partial charge in [0, 0.05) is 21.9 Å². The molecule has 24 heavy (non-hydrogen) atoms. The number of para-hydroxylation sites is 1. The number of aromatic amines is 1. The SMILES string of the molecule is CC(C)(O)[C@@H]1OC(=O)c2cc(O)c3[nH]c4ccccc4c3c2[C@H]1O. The summed E-state index contributed by atoms with van der Waals surface area (Å²) in [5.74, 6) is -0.768. The smallest absolute Gasteiger partial charge is 0.339 e. The van der Waals surface area contributed by atoms with Crippen LogP contribution in [-0.4, -0.2) is 38.0 Å². The first-order valence-corrected chi connectivity index (χ1v) is 7.66. The normalized spacial score (nSPS) is 21.1. The third-order valence-electron chi connectivity index (χ3n) is 4.54. The number of esters is 1. The average Bonchev–Trinajstić information content (AvgIpc) is 2.90. The predicted octanol–water partition coefficient (Wildman–Crippen LogP) is 2.37. The van der Waals surface area contributed by atoms with Crippen molar-refractivity contribution in [3.63, 3.8) is 0 Å². The van der Waals surface area contributed by atoms with E-state index in [0.717, 1.165) is 10.9 Å². The number of fused-ring (bicyclic) bond motifs is 5. The Labute approximate surface area is 137 Å². The Morgan fingerprint density at radius 3 is 2.67 bits per heavy atom. The number of phenols is 1. The zero-order valence-corrected chi connectivity index (χ0v) is 13.2. The number of aromatic nitrogens is 1. The van der Waals surface area contributed by atoms with Crippen molar-refractivity contribution in [3.8, 4) is 5.75 Å². The van der Waals surface area contributed by atoms with Crippen molar-refractivity contribution in [1.29, 1.82) is 0 Å². The maximum absolute atomic E-state index is 12.4. The second kappa shape index (κ2) is 4.72. The minimum absolute atomic E-state index is 0.0918. The lowest BCUT2D eigenvalue weighted by Gasteiger charge is -2.37. The van der Waals surface area contributed by atoms with Gasteiger partial charge in [-0.1, -0.05) is 18.2 Å². The van der Waals surface area contributed by atoms with Gasteiger partial charge in [-0.15, -0.1) is 0 Å². The van der Waals surface area contributed by atoms with Crippen LogP contribution in [-0.2, 0) is 4.74 Å². The molecule has 4 N–H and O–H groups in total. The minimum Gasteiger partial charge on any atom is -0.506 e. The monoisotopic (exact) mass is 327 g/mol. The van der Waals surface area contributed by atoms with Gasteiger partial charge in [0.25, 0.3) is 0 Å². The Balaban J connectivity index is 2.12. The van der Waals surface area contributed by atoms with E-state index in [2.05, 4.69) is 4.98 Å². The number of aromatic hydroxyl groups is 1. The molecule has 0 aliphatic carbocycles. The van der Waals surface area contributed by atoms with E-state index in [9.17, 15) is 20.1 Å². The second-order valence-corrected chi connectivity index (χ2v) is 6.70. The first-order valence-electron chi connectivity index (χ1n) is 7.66. The van der Waals surface area contributed by atoms with Crippen LogP contribution in [0.4, 0.5) is 0 Å². The van der Waals surface area contributed by atoms with E-state index in [1.807, 2.05) is 24.3 Å². The lowest BCUT2D eigenvalue weighted by molar-refractivity contribution is -0.121. The van der Waals surface area contributed by atoms with E-state index >= 15 is 0 Å². The number of hydrogen-bond donors (Lipinski definition) is 4. The number of benzene rings is 2. The molecule has 124 valence electrons. The van der Waals surface area contributed by atoms with Gasteiger partial charge in [-0.3, -0.25) is 0 Å². The topological polar surface area (TPSA) is 103 Å². The van der Waals surface area contributed by atoms with Gasteiger partial charge in [-0.05, 0) is 26.0 Å². The van der Waals surface area contributed by atoms with Crippen LogP contribution >= 0.6 is 0 Å². The molecule has 2 aromatic carbocycles. The van der Waals surface area contributed by atoms with Crippen molar-refractivity contribution in [1.82, 2.24) is 4.98 Å². The highest BCUT2D eigenvalue weighted by Gasteiger charge is 2.44.